The van der Waals surface area contributed by atoms with Gasteiger partial charge in [0.05, 0.1) is 24.1 Å². The van der Waals surface area contributed by atoms with Crippen molar-refractivity contribution in [2.45, 2.75) is 39.5 Å². The first-order chi connectivity index (χ1) is 14.3. The molecule has 2 atom stereocenters. The lowest BCUT2D eigenvalue weighted by atomic mass is 10.1. The average molecular weight is 416 g/mol. The van der Waals surface area contributed by atoms with E-state index >= 15 is 0 Å². The molecule has 0 amide bonds. The fourth-order valence-electron chi connectivity index (χ4n) is 4.21. The zero-order valence-electron chi connectivity index (χ0n) is 17.5. The molecule has 4 rings (SSSR count). The number of ether oxygens (including phenoxy) is 1. The van der Waals surface area contributed by atoms with E-state index in [0.717, 1.165) is 17.1 Å². The molecule has 160 valence electrons. The maximum absolute atomic E-state index is 13.5. The Morgan fingerprint density at radius 2 is 2.00 bits per heavy atom. The second-order valence-corrected chi connectivity index (χ2v) is 7.99. The number of carbonyl (C=O) groups excluding carboxylic acids is 1. The molecule has 0 N–H and O–H groups in total. The van der Waals surface area contributed by atoms with Crippen LogP contribution in [0, 0.1) is 11.8 Å². The third-order valence-electron chi connectivity index (χ3n) is 5.89. The average Bonchev–Trinajstić information content (AvgIpc) is 3.13. The zero-order chi connectivity index (χ0) is 21.6. The van der Waals surface area contributed by atoms with Crippen LogP contribution in [0.1, 0.15) is 48.2 Å². The fraction of sp³-hybridized carbons (Fsp3) is 0.500. The first-order valence-electron chi connectivity index (χ1n) is 10.3. The van der Waals surface area contributed by atoms with Gasteiger partial charge >= 0.3 is 5.97 Å². The van der Waals surface area contributed by atoms with Crippen molar-refractivity contribution in [1.29, 1.82) is 0 Å². The van der Waals surface area contributed by atoms with Crippen molar-refractivity contribution in [3.8, 4) is 0 Å². The van der Waals surface area contributed by atoms with Crippen LogP contribution in [-0.4, -0.2) is 46.4 Å². The molecule has 0 aromatic carbocycles. The van der Waals surface area contributed by atoms with Gasteiger partial charge in [0.25, 0.3) is 5.92 Å². The Balaban J connectivity index is 1.54. The van der Waals surface area contributed by atoms with E-state index in [-0.39, 0.29) is 6.61 Å². The number of nitrogens with zero attached hydrogens (tertiary/aromatic N) is 4. The SMILES string of the molecule is C=C(C)n1nc(Cc2ccc(N3CC4C(C3)C4(F)F)nc2CC)cc1C(=O)OCC. The van der Waals surface area contributed by atoms with Crippen LogP contribution in [0.3, 0.4) is 0 Å². The summed E-state index contributed by atoms with van der Waals surface area (Å²) in [5, 5.41) is 4.51. The van der Waals surface area contributed by atoms with Gasteiger partial charge in [-0.3, -0.25) is 0 Å². The van der Waals surface area contributed by atoms with Gasteiger partial charge in [-0.1, -0.05) is 19.6 Å². The molecule has 2 aliphatic rings. The van der Waals surface area contributed by atoms with E-state index in [1.54, 1.807) is 19.9 Å². The van der Waals surface area contributed by atoms with Crippen molar-refractivity contribution in [3.63, 3.8) is 0 Å². The van der Waals surface area contributed by atoms with Crippen LogP contribution >= 0.6 is 0 Å². The van der Waals surface area contributed by atoms with Gasteiger partial charge in [0.2, 0.25) is 0 Å². The molecule has 2 aromatic rings. The first-order valence-corrected chi connectivity index (χ1v) is 10.3. The largest absolute Gasteiger partial charge is 0.461 e. The van der Waals surface area contributed by atoms with E-state index in [1.807, 2.05) is 24.0 Å². The second-order valence-electron chi connectivity index (χ2n) is 7.99. The topological polar surface area (TPSA) is 60.2 Å². The number of alkyl halides is 2. The summed E-state index contributed by atoms with van der Waals surface area (Å²) in [5.74, 6) is -3.25. The lowest BCUT2D eigenvalue weighted by molar-refractivity contribution is 0.0516. The van der Waals surface area contributed by atoms with Gasteiger partial charge in [-0.2, -0.15) is 5.10 Å². The number of halogens is 2. The number of anilines is 1. The van der Waals surface area contributed by atoms with E-state index in [9.17, 15) is 13.6 Å². The Labute approximate surface area is 174 Å². The molecule has 0 spiro atoms. The van der Waals surface area contributed by atoms with Crippen LogP contribution in [0.25, 0.3) is 5.70 Å². The number of pyridine rings is 1. The van der Waals surface area contributed by atoms with E-state index in [4.69, 9.17) is 9.72 Å². The van der Waals surface area contributed by atoms with Crippen LogP contribution < -0.4 is 4.90 Å². The summed E-state index contributed by atoms with van der Waals surface area (Å²) < 4.78 is 33.6. The van der Waals surface area contributed by atoms with Crippen LogP contribution in [0.2, 0.25) is 0 Å². The van der Waals surface area contributed by atoms with E-state index in [2.05, 4.69) is 11.7 Å². The molecule has 30 heavy (non-hydrogen) atoms. The standard InChI is InChI=1S/C22H26F2N4O2/c1-5-18-14(7-8-20(25-18)27-11-16-17(12-27)22(16,23)24)9-15-10-19(21(29)30-6-2)28(26-15)13(3)4/h7-8,10,16-17H,3,5-6,9,11-12H2,1-2,4H3. The summed E-state index contributed by atoms with van der Waals surface area (Å²) in [5.41, 5.74) is 3.59. The maximum atomic E-state index is 13.5. The number of aryl methyl sites for hydroxylation is 1. The summed E-state index contributed by atoms with van der Waals surface area (Å²) in [6.45, 7) is 10.4. The molecule has 2 fully saturated rings. The first kappa shape index (κ1) is 20.5. The third-order valence-corrected chi connectivity index (χ3v) is 5.89. The number of esters is 1. The number of aromatic nitrogens is 3. The summed E-state index contributed by atoms with van der Waals surface area (Å²) in [6.07, 6.45) is 1.22. The molecule has 1 aliphatic carbocycles. The lowest BCUT2D eigenvalue weighted by Gasteiger charge is -2.22. The van der Waals surface area contributed by atoms with Gasteiger partial charge in [0, 0.05) is 30.9 Å². The second kappa shape index (κ2) is 7.49. The fourth-order valence-corrected chi connectivity index (χ4v) is 4.21. The van der Waals surface area contributed by atoms with Crippen LogP contribution in [0.15, 0.2) is 24.8 Å². The normalized spacial score (nSPS) is 21.4. The van der Waals surface area contributed by atoms with Crippen molar-refractivity contribution in [1.82, 2.24) is 14.8 Å². The molecule has 1 saturated heterocycles. The Kier molecular flexibility index (Phi) is 5.11. The minimum atomic E-state index is -2.50. The number of hydrogen-bond acceptors (Lipinski definition) is 5. The molecule has 2 unspecified atom stereocenters. The summed E-state index contributed by atoms with van der Waals surface area (Å²) in [6, 6.07) is 5.59. The molecule has 0 bridgehead atoms. The molecular formula is C22H26F2N4O2. The predicted octanol–water partition coefficient (Wildman–Crippen LogP) is 3.80. The number of fused-ring (bicyclic) bond motifs is 1. The smallest absolute Gasteiger partial charge is 0.357 e. The quantitative estimate of drug-likeness (QED) is 0.643. The minimum Gasteiger partial charge on any atom is -0.461 e. The van der Waals surface area contributed by atoms with Gasteiger partial charge < -0.3 is 9.64 Å². The van der Waals surface area contributed by atoms with E-state index in [1.165, 1.54) is 4.68 Å². The Morgan fingerprint density at radius 3 is 2.60 bits per heavy atom. The lowest BCUT2D eigenvalue weighted by Crippen LogP contribution is -2.28. The van der Waals surface area contributed by atoms with E-state index in [0.29, 0.717) is 43.0 Å². The molecule has 0 radical (unpaired) electrons. The van der Waals surface area contributed by atoms with Crippen molar-refractivity contribution < 1.29 is 18.3 Å². The highest BCUT2D eigenvalue weighted by Gasteiger charge is 2.71. The van der Waals surface area contributed by atoms with Crippen LogP contribution in [-0.2, 0) is 17.6 Å². The van der Waals surface area contributed by atoms with Crippen molar-refractivity contribution in [2.24, 2.45) is 11.8 Å². The third kappa shape index (κ3) is 3.48. The summed E-state index contributed by atoms with van der Waals surface area (Å²) in [4.78, 5) is 18.9. The Morgan fingerprint density at radius 1 is 1.30 bits per heavy atom. The predicted molar refractivity (Wildman–Crippen MR) is 110 cm³/mol. The Hall–Kier alpha value is -2.77. The molecule has 2 aromatic heterocycles. The Bertz CT molecular complexity index is 987. The number of allylic oxidation sites excluding steroid dienone is 1. The van der Waals surface area contributed by atoms with Gasteiger partial charge in [-0.25, -0.2) is 23.2 Å². The highest BCUT2D eigenvalue weighted by Crippen LogP contribution is 2.59. The molecule has 6 nitrogen and oxygen atoms in total. The molecule has 1 saturated carbocycles. The number of hydrogen-bond donors (Lipinski definition) is 0. The number of piperidine rings is 1. The van der Waals surface area contributed by atoms with Gasteiger partial charge in [-0.15, -0.1) is 0 Å². The molecule has 1 aliphatic heterocycles. The minimum absolute atomic E-state index is 0.283. The number of rotatable bonds is 7. The monoisotopic (exact) mass is 416 g/mol. The highest BCUT2D eigenvalue weighted by molar-refractivity contribution is 5.88. The maximum Gasteiger partial charge on any atom is 0.357 e. The molecular weight excluding hydrogens is 390 g/mol. The summed E-state index contributed by atoms with van der Waals surface area (Å²) >= 11 is 0. The van der Waals surface area contributed by atoms with Gasteiger partial charge in [-0.05, 0) is 38.0 Å². The van der Waals surface area contributed by atoms with Crippen LogP contribution in [0.4, 0.5) is 14.6 Å². The zero-order valence-corrected chi connectivity index (χ0v) is 17.5. The number of carbonyl (C=O) groups is 1. The van der Waals surface area contributed by atoms with Gasteiger partial charge in [0.15, 0.2) is 5.69 Å². The van der Waals surface area contributed by atoms with Gasteiger partial charge in [0.1, 0.15) is 5.82 Å². The van der Waals surface area contributed by atoms with Crippen molar-refractivity contribution in [2.75, 3.05) is 24.6 Å². The van der Waals surface area contributed by atoms with Crippen molar-refractivity contribution >= 4 is 17.5 Å². The molecule has 3 heterocycles. The van der Waals surface area contributed by atoms with E-state index < -0.39 is 23.7 Å². The van der Waals surface area contributed by atoms with Crippen molar-refractivity contribution in [3.05, 3.63) is 47.4 Å². The van der Waals surface area contributed by atoms with Crippen LogP contribution in [0.5, 0.6) is 0 Å². The molecule has 8 heteroatoms. The highest BCUT2D eigenvalue weighted by atomic mass is 19.3. The summed E-state index contributed by atoms with van der Waals surface area (Å²) in [7, 11) is 0.